The molecule has 0 spiro atoms. The summed E-state index contributed by atoms with van der Waals surface area (Å²) in [6, 6.07) is 39.5. The molecular weight excluding hydrogens is 661 g/mol. The molecule has 0 aliphatic heterocycles. The van der Waals surface area contributed by atoms with Crippen LogP contribution in [0.3, 0.4) is 0 Å². The topological polar surface area (TPSA) is 89.1 Å². The Kier molecular flexibility index (Phi) is 8.09. The molecule has 0 aliphatic carbocycles. The van der Waals surface area contributed by atoms with Crippen molar-refractivity contribution in [1.29, 1.82) is 0 Å². The van der Waals surface area contributed by atoms with Crippen LogP contribution in [0.4, 0.5) is 0 Å². The maximum Gasteiger partial charge on any atom is 0.108 e. The fraction of sp³-hybridized carbons (Fsp3) is 0.182. The van der Waals surface area contributed by atoms with Crippen molar-refractivity contribution in [2.24, 2.45) is 0 Å². The van der Waals surface area contributed by atoms with Crippen molar-refractivity contribution in [2.75, 3.05) is 26.4 Å². The average molecular weight is 697 g/mol. The lowest BCUT2D eigenvalue weighted by atomic mass is 9.92. The standard InChI is InChI=1S/C44H36N6O3/c1-3-29-7-9-33-11-13-35(39-17-15-31(5-1)41(29)43(33)39)23-49-25-37(45-47-49)27-52-21-19-51-20-22-53-28-38-26-50(48-46-38)24-36-14-12-34-10-8-30-4-2-6-32-16-18-40(36)44(34)42(30)32/h1-18,25-26H,19-24,27-28H2. The molecular formula is C44H36N6O3. The number of rotatable bonds is 14. The zero-order chi connectivity index (χ0) is 35.1. The van der Waals surface area contributed by atoms with Gasteiger partial charge >= 0.3 is 0 Å². The molecule has 0 bridgehead atoms. The number of ether oxygens (including phenoxy) is 3. The van der Waals surface area contributed by atoms with E-state index in [9.17, 15) is 0 Å². The quantitative estimate of drug-likeness (QED) is 0.0832. The minimum absolute atomic E-state index is 0.378. The number of hydrogen-bond donors (Lipinski definition) is 0. The lowest BCUT2D eigenvalue weighted by Crippen LogP contribution is -2.09. The Morgan fingerprint density at radius 3 is 1.23 bits per heavy atom. The maximum absolute atomic E-state index is 5.82. The summed E-state index contributed by atoms with van der Waals surface area (Å²) in [6.45, 7) is 3.89. The Morgan fingerprint density at radius 1 is 0.396 bits per heavy atom. The second-order valence-electron chi connectivity index (χ2n) is 13.7. The van der Waals surface area contributed by atoms with Crippen LogP contribution in [0.1, 0.15) is 22.5 Å². The van der Waals surface area contributed by atoms with Crippen LogP contribution in [-0.4, -0.2) is 56.4 Å². The fourth-order valence-corrected chi connectivity index (χ4v) is 7.87. The van der Waals surface area contributed by atoms with Crippen LogP contribution in [-0.2, 0) is 40.5 Å². The van der Waals surface area contributed by atoms with E-state index < -0.39 is 0 Å². The van der Waals surface area contributed by atoms with Gasteiger partial charge in [-0.3, -0.25) is 0 Å². The lowest BCUT2D eigenvalue weighted by molar-refractivity contribution is 0.00599. The Hall–Kier alpha value is -6.00. The first-order valence-corrected chi connectivity index (χ1v) is 18.1. The van der Waals surface area contributed by atoms with Crippen LogP contribution < -0.4 is 0 Å². The van der Waals surface area contributed by atoms with Gasteiger partial charge in [0, 0.05) is 0 Å². The number of benzene rings is 8. The van der Waals surface area contributed by atoms with E-state index in [1.807, 2.05) is 21.8 Å². The van der Waals surface area contributed by atoms with Crippen LogP contribution in [0.2, 0.25) is 0 Å². The predicted octanol–water partition coefficient (Wildman–Crippen LogP) is 8.51. The van der Waals surface area contributed by atoms with Crippen LogP contribution in [0.25, 0.3) is 64.6 Å². The molecule has 8 aromatic carbocycles. The molecule has 10 aromatic rings. The summed E-state index contributed by atoms with van der Waals surface area (Å²) in [5.41, 5.74) is 4.01. The van der Waals surface area contributed by atoms with Crippen molar-refractivity contribution in [2.45, 2.75) is 26.3 Å². The molecule has 0 aliphatic rings. The molecule has 0 fully saturated rings. The van der Waals surface area contributed by atoms with Crippen molar-refractivity contribution in [3.63, 3.8) is 0 Å². The molecule has 0 unspecified atom stereocenters. The molecule has 9 nitrogen and oxygen atoms in total. The molecule has 0 saturated heterocycles. The van der Waals surface area contributed by atoms with E-state index in [0.29, 0.717) is 52.7 Å². The van der Waals surface area contributed by atoms with Crippen molar-refractivity contribution >= 4 is 64.6 Å². The van der Waals surface area contributed by atoms with Crippen LogP contribution in [0.5, 0.6) is 0 Å². The van der Waals surface area contributed by atoms with Gasteiger partial charge in [0.2, 0.25) is 0 Å². The summed E-state index contributed by atoms with van der Waals surface area (Å²) in [6.07, 6.45) is 3.91. The largest absolute Gasteiger partial charge is 0.377 e. The van der Waals surface area contributed by atoms with E-state index in [1.54, 1.807) is 0 Å². The highest BCUT2D eigenvalue weighted by atomic mass is 16.5. The molecule has 53 heavy (non-hydrogen) atoms. The van der Waals surface area contributed by atoms with E-state index in [2.05, 4.69) is 130 Å². The third kappa shape index (κ3) is 5.98. The molecule has 0 amide bonds. The third-order valence-electron chi connectivity index (χ3n) is 10.3. The van der Waals surface area contributed by atoms with Gasteiger partial charge in [0.15, 0.2) is 0 Å². The first kappa shape index (κ1) is 31.7. The van der Waals surface area contributed by atoms with Gasteiger partial charge in [-0.2, -0.15) is 0 Å². The normalized spacial score (nSPS) is 12.2. The van der Waals surface area contributed by atoms with Crippen molar-refractivity contribution in [1.82, 2.24) is 30.0 Å². The zero-order valence-electron chi connectivity index (χ0n) is 29.1. The summed E-state index contributed by atoms with van der Waals surface area (Å²) >= 11 is 0. The van der Waals surface area contributed by atoms with Gasteiger partial charge in [-0.15, -0.1) is 10.2 Å². The van der Waals surface area contributed by atoms with Gasteiger partial charge in [-0.05, 0) is 75.8 Å². The number of nitrogens with zero attached hydrogens (tertiary/aromatic N) is 6. The van der Waals surface area contributed by atoms with E-state index in [-0.39, 0.29) is 0 Å². The van der Waals surface area contributed by atoms with Gasteiger partial charge in [-0.1, -0.05) is 120 Å². The fourth-order valence-electron chi connectivity index (χ4n) is 7.87. The highest BCUT2D eigenvalue weighted by Gasteiger charge is 2.14. The van der Waals surface area contributed by atoms with Gasteiger partial charge in [0.25, 0.3) is 0 Å². The molecule has 2 aromatic heterocycles. The Balaban J connectivity index is 0.667. The number of aromatic nitrogens is 6. The van der Waals surface area contributed by atoms with Gasteiger partial charge in [0.1, 0.15) is 11.4 Å². The first-order valence-electron chi connectivity index (χ1n) is 18.1. The van der Waals surface area contributed by atoms with E-state index in [0.717, 1.165) is 11.4 Å². The monoisotopic (exact) mass is 696 g/mol. The highest BCUT2D eigenvalue weighted by Crippen LogP contribution is 2.37. The molecule has 2 heterocycles. The van der Waals surface area contributed by atoms with E-state index in [1.165, 1.54) is 75.8 Å². The smallest absolute Gasteiger partial charge is 0.108 e. The molecule has 0 atom stereocenters. The minimum Gasteiger partial charge on any atom is -0.377 e. The minimum atomic E-state index is 0.378. The second kappa shape index (κ2) is 13.5. The second-order valence-corrected chi connectivity index (χ2v) is 13.7. The van der Waals surface area contributed by atoms with Crippen LogP contribution in [0, 0.1) is 0 Å². The summed E-state index contributed by atoms with van der Waals surface area (Å²) < 4.78 is 21.1. The SMILES string of the molecule is c1cc2ccc3ccc(Cn4cc(COCCOCCOCc5cn(Cc6ccc7ccc8cccc9ccc6c7c89)nn5)nn4)c4ccc(c1)c2c34. The third-order valence-corrected chi connectivity index (χ3v) is 10.3. The predicted molar refractivity (Wildman–Crippen MR) is 209 cm³/mol. The zero-order valence-corrected chi connectivity index (χ0v) is 29.1. The van der Waals surface area contributed by atoms with Gasteiger partial charge in [0.05, 0.1) is 65.1 Å². The molecule has 260 valence electrons. The van der Waals surface area contributed by atoms with Crippen molar-refractivity contribution in [3.05, 3.63) is 144 Å². The van der Waals surface area contributed by atoms with E-state index in [4.69, 9.17) is 14.2 Å². The average Bonchev–Trinajstić information content (AvgIpc) is 3.85. The highest BCUT2D eigenvalue weighted by molar-refractivity contribution is 6.24. The molecule has 10 rings (SSSR count). The Bertz CT molecular complexity index is 2630. The molecule has 9 heteroatoms. The molecule has 0 saturated carbocycles. The Morgan fingerprint density at radius 2 is 0.774 bits per heavy atom. The summed E-state index contributed by atoms with van der Waals surface area (Å²) in [4.78, 5) is 0. The molecule has 0 radical (unpaired) electrons. The number of hydrogen-bond acceptors (Lipinski definition) is 7. The summed E-state index contributed by atoms with van der Waals surface area (Å²) in [5, 5.41) is 32.8. The summed E-state index contributed by atoms with van der Waals surface area (Å²) in [7, 11) is 0. The Labute approximate surface area is 305 Å². The maximum atomic E-state index is 5.82. The van der Waals surface area contributed by atoms with Gasteiger partial charge < -0.3 is 14.2 Å². The van der Waals surface area contributed by atoms with Crippen molar-refractivity contribution in [3.8, 4) is 0 Å². The first-order chi connectivity index (χ1) is 26.2. The van der Waals surface area contributed by atoms with Gasteiger partial charge in [-0.25, -0.2) is 9.36 Å². The van der Waals surface area contributed by atoms with Crippen molar-refractivity contribution < 1.29 is 14.2 Å². The van der Waals surface area contributed by atoms with Crippen LogP contribution >= 0.6 is 0 Å². The van der Waals surface area contributed by atoms with E-state index >= 15 is 0 Å². The van der Waals surface area contributed by atoms with Crippen LogP contribution in [0.15, 0.2) is 122 Å². The summed E-state index contributed by atoms with van der Waals surface area (Å²) in [5.74, 6) is 0. The lowest BCUT2D eigenvalue weighted by Gasteiger charge is -2.13. The molecule has 0 N–H and O–H groups in total.